The molecule has 1 aliphatic rings. The van der Waals surface area contributed by atoms with Crippen LogP contribution in [0.5, 0.6) is 5.75 Å². The van der Waals surface area contributed by atoms with Crippen LogP contribution in [0.3, 0.4) is 0 Å². The zero-order valence-electron chi connectivity index (χ0n) is 12.3. The van der Waals surface area contributed by atoms with Crippen LogP contribution >= 0.6 is 0 Å². The molecule has 0 aromatic heterocycles. The Morgan fingerprint density at radius 1 is 1.43 bits per heavy atom. The van der Waals surface area contributed by atoms with Crippen LogP contribution < -0.4 is 4.74 Å². The minimum absolute atomic E-state index is 0.168. The van der Waals surface area contributed by atoms with Gasteiger partial charge in [-0.25, -0.2) is 4.79 Å². The summed E-state index contributed by atoms with van der Waals surface area (Å²) in [7, 11) is 0. The first-order valence-electron chi connectivity index (χ1n) is 7.41. The third kappa shape index (κ3) is 4.72. The van der Waals surface area contributed by atoms with Crippen LogP contribution in [0.4, 0.5) is 0 Å². The van der Waals surface area contributed by atoms with Gasteiger partial charge < -0.3 is 19.3 Å². The molecule has 1 aromatic carbocycles. The molecule has 1 fully saturated rings. The third-order valence-electron chi connectivity index (χ3n) is 3.34. The highest BCUT2D eigenvalue weighted by Crippen LogP contribution is 2.24. The van der Waals surface area contributed by atoms with E-state index in [2.05, 4.69) is 0 Å². The zero-order chi connectivity index (χ0) is 15.1. The van der Waals surface area contributed by atoms with Gasteiger partial charge in [0.1, 0.15) is 5.75 Å². The monoisotopic (exact) mass is 294 g/mol. The van der Waals surface area contributed by atoms with Gasteiger partial charge in [-0.05, 0) is 31.4 Å². The second-order valence-electron chi connectivity index (χ2n) is 4.99. The smallest absolute Gasteiger partial charge is 0.335 e. The number of hydrogen-bond acceptors (Lipinski definition) is 5. The van der Waals surface area contributed by atoms with Crippen molar-refractivity contribution in [3.05, 3.63) is 29.8 Å². The number of para-hydroxylation sites is 1. The van der Waals surface area contributed by atoms with Crippen molar-refractivity contribution in [1.29, 1.82) is 0 Å². The second kappa shape index (κ2) is 8.00. The number of carbonyl (C=O) groups is 1. The van der Waals surface area contributed by atoms with Gasteiger partial charge in [0.2, 0.25) is 0 Å². The normalized spacial score (nSPS) is 19.8. The molecule has 0 saturated carbocycles. The maximum Gasteiger partial charge on any atom is 0.335 e. The Balaban J connectivity index is 2.00. The number of carbonyl (C=O) groups excluding carboxylic acids is 1. The Kier molecular flexibility index (Phi) is 6.02. The number of benzene rings is 1. The molecule has 1 heterocycles. The predicted molar refractivity (Wildman–Crippen MR) is 77.0 cm³/mol. The van der Waals surface area contributed by atoms with Crippen LogP contribution in [-0.2, 0) is 20.7 Å². The molecule has 1 N–H and O–H groups in total. The van der Waals surface area contributed by atoms with Crippen LogP contribution in [0, 0.1) is 0 Å². The Morgan fingerprint density at radius 2 is 2.24 bits per heavy atom. The van der Waals surface area contributed by atoms with Crippen molar-refractivity contribution >= 4 is 5.97 Å². The highest BCUT2D eigenvalue weighted by atomic mass is 16.7. The van der Waals surface area contributed by atoms with Gasteiger partial charge in [-0.1, -0.05) is 18.2 Å². The third-order valence-corrected chi connectivity index (χ3v) is 3.34. The standard InChI is InChI=1S/C16H22O5/c1-2-19-16(18)13(17)11-12-7-3-4-8-14(12)21-15-9-5-6-10-20-15/h3-4,7-8,13,15,17H,2,5-6,9-11H2,1H3. The predicted octanol–water partition coefficient (Wildman–Crippen LogP) is 2.06. The van der Waals surface area contributed by atoms with Gasteiger partial charge in [0, 0.05) is 12.8 Å². The molecule has 2 unspecified atom stereocenters. The average molecular weight is 294 g/mol. The van der Waals surface area contributed by atoms with Gasteiger partial charge in [-0.2, -0.15) is 0 Å². The molecule has 1 aliphatic heterocycles. The van der Waals surface area contributed by atoms with Gasteiger partial charge in [0.05, 0.1) is 13.2 Å². The maximum atomic E-state index is 11.5. The lowest BCUT2D eigenvalue weighted by Crippen LogP contribution is -2.27. The van der Waals surface area contributed by atoms with E-state index in [9.17, 15) is 9.90 Å². The number of aliphatic hydroxyl groups excluding tert-OH is 1. The van der Waals surface area contributed by atoms with E-state index in [0.717, 1.165) is 24.8 Å². The summed E-state index contributed by atoms with van der Waals surface area (Å²) < 4.78 is 16.2. The van der Waals surface area contributed by atoms with Crippen LogP contribution in [0.25, 0.3) is 0 Å². The van der Waals surface area contributed by atoms with E-state index in [1.54, 1.807) is 6.92 Å². The average Bonchev–Trinajstić information content (AvgIpc) is 2.50. The molecular weight excluding hydrogens is 272 g/mol. The molecule has 5 nitrogen and oxygen atoms in total. The van der Waals surface area contributed by atoms with E-state index in [0.29, 0.717) is 12.4 Å². The molecule has 0 bridgehead atoms. The molecule has 21 heavy (non-hydrogen) atoms. The molecule has 1 aromatic rings. The fraction of sp³-hybridized carbons (Fsp3) is 0.562. The summed E-state index contributed by atoms with van der Waals surface area (Å²) in [4.78, 5) is 11.5. The Bertz CT molecular complexity index is 454. The van der Waals surface area contributed by atoms with Crippen LogP contribution in [0.1, 0.15) is 31.7 Å². The fourth-order valence-electron chi connectivity index (χ4n) is 2.26. The lowest BCUT2D eigenvalue weighted by molar-refractivity contribution is -0.152. The number of rotatable bonds is 6. The van der Waals surface area contributed by atoms with Gasteiger partial charge in [0.25, 0.3) is 0 Å². The van der Waals surface area contributed by atoms with E-state index in [1.807, 2.05) is 24.3 Å². The van der Waals surface area contributed by atoms with E-state index in [-0.39, 0.29) is 19.3 Å². The highest BCUT2D eigenvalue weighted by molar-refractivity contribution is 5.74. The summed E-state index contributed by atoms with van der Waals surface area (Å²) in [5, 5.41) is 9.87. The summed E-state index contributed by atoms with van der Waals surface area (Å²) in [5.41, 5.74) is 0.771. The summed E-state index contributed by atoms with van der Waals surface area (Å²) >= 11 is 0. The van der Waals surface area contributed by atoms with E-state index in [1.165, 1.54) is 0 Å². The Labute approximate surface area is 124 Å². The first-order valence-corrected chi connectivity index (χ1v) is 7.41. The lowest BCUT2D eigenvalue weighted by Gasteiger charge is -2.24. The van der Waals surface area contributed by atoms with Crippen molar-refractivity contribution in [2.45, 2.75) is 45.0 Å². The minimum atomic E-state index is -1.18. The molecule has 2 rings (SSSR count). The zero-order valence-corrected chi connectivity index (χ0v) is 12.3. The molecule has 0 radical (unpaired) electrons. The maximum absolute atomic E-state index is 11.5. The molecular formula is C16H22O5. The molecule has 5 heteroatoms. The molecule has 0 spiro atoms. The minimum Gasteiger partial charge on any atom is -0.465 e. The summed E-state index contributed by atoms with van der Waals surface area (Å²) in [6.45, 7) is 2.67. The number of hydrogen-bond donors (Lipinski definition) is 1. The second-order valence-corrected chi connectivity index (χ2v) is 4.99. The number of ether oxygens (including phenoxy) is 3. The highest BCUT2D eigenvalue weighted by Gasteiger charge is 2.21. The van der Waals surface area contributed by atoms with Crippen LogP contribution in [0.15, 0.2) is 24.3 Å². The van der Waals surface area contributed by atoms with Crippen molar-refractivity contribution < 1.29 is 24.1 Å². The quantitative estimate of drug-likeness (QED) is 0.814. The Morgan fingerprint density at radius 3 is 2.95 bits per heavy atom. The lowest BCUT2D eigenvalue weighted by atomic mass is 10.1. The largest absolute Gasteiger partial charge is 0.465 e. The molecule has 2 atom stereocenters. The number of esters is 1. The summed E-state index contributed by atoms with van der Waals surface area (Å²) in [5.74, 6) is 0.0361. The van der Waals surface area contributed by atoms with Gasteiger partial charge in [0.15, 0.2) is 12.4 Å². The first kappa shape index (κ1) is 15.8. The van der Waals surface area contributed by atoms with Crippen LogP contribution in [-0.4, -0.2) is 36.7 Å². The van der Waals surface area contributed by atoms with Gasteiger partial charge in [-0.3, -0.25) is 0 Å². The van der Waals surface area contributed by atoms with Crippen LogP contribution in [0.2, 0.25) is 0 Å². The fourth-order valence-corrected chi connectivity index (χ4v) is 2.26. The van der Waals surface area contributed by atoms with E-state index < -0.39 is 12.1 Å². The molecule has 0 amide bonds. The van der Waals surface area contributed by atoms with E-state index >= 15 is 0 Å². The van der Waals surface area contributed by atoms with Crippen molar-refractivity contribution in [3.63, 3.8) is 0 Å². The van der Waals surface area contributed by atoms with Crippen molar-refractivity contribution in [3.8, 4) is 5.75 Å². The number of aliphatic hydroxyl groups is 1. The van der Waals surface area contributed by atoms with Crippen molar-refractivity contribution in [2.24, 2.45) is 0 Å². The molecule has 1 saturated heterocycles. The van der Waals surface area contributed by atoms with Crippen molar-refractivity contribution in [1.82, 2.24) is 0 Å². The SMILES string of the molecule is CCOC(=O)C(O)Cc1ccccc1OC1CCCCO1. The summed E-state index contributed by atoms with van der Waals surface area (Å²) in [6, 6.07) is 7.37. The Hall–Kier alpha value is -1.59. The van der Waals surface area contributed by atoms with E-state index in [4.69, 9.17) is 14.2 Å². The van der Waals surface area contributed by atoms with Crippen molar-refractivity contribution in [2.75, 3.05) is 13.2 Å². The van der Waals surface area contributed by atoms with Gasteiger partial charge in [-0.15, -0.1) is 0 Å². The first-order chi connectivity index (χ1) is 10.2. The summed E-state index contributed by atoms with van der Waals surface area (Å²) in [6.07, 6.45) is 1.74. The molecule has 116 valence electrons. The topological polar surface area (TPSA) is 65.0 Å². The van der Waals surface area contributed by atoms with Gasteiger partial charge >= 0.3 is 5.97 Å². The molecule has 0 aliphatic carbocycles.